The van der Waals surface area contributed by atoms with Crippen LogP contribution in [0.1, 0.15) is 19.4 Å². The zero-order chi connectivity index (χ0) is 15.2. The molecule has 0 heterocycles. The minimum absolute atomic E-state index is 0.126. The quantitative estimate of drug-likeness (QED) is 0.666. The molecule has 1 atom stereocenters. The number of halogens is 1. The number of carbonyl (C=O) groups is 2. The van der Waals surface area contributed by atoms with Gasteiger partial charge in [-0.15, -0.1) is 0 Å². The average molecular weight is 300 g/mol. The van der Waals surface area contributed by atoms with Crippen LogP contribution in [0.3, 0.4) is 0 Å². The minimum Gasteiger partial charge on any atom is -0.459 e. The molecular weight excluding hydrogens is 282 g/mol. The van der Waals surface area contributed by atoms with Gasteiger partial charge < -0.3 is 14.8 Å². The Hall–Kier alpha value is -1.59. The molecule has 6 heteroatoms. The van der Waals surface area contributed by atoms with E-state index in [9.17, 15) is 9.59 Å². The second-order valence-corrected chi connectivity index (χ2v) is 4.78. The molecule has 1 unspecified atom stereocenters. The Morgan fingerprint density at radius 2 is 2.10 bits per heavy atom. The first kappa shape index (κ1) is 16.5. The number of hydrogen-bond acceptors (Lipinski definition) is 4. The molecule has 0 aliphatic heterocycles. The van der Waals surface area contributed by atoms with Crippen LogP contribution in [0, 0.1) is 0 Å². The highest BCUT2D eigenvalue weighted by molar-refractivity contribution is 6.32. The van der Waals surface area contributed by atoms with Crippen molar-refractivity contribution in [1.29, 1.82) is 0 Å². The lowest BCUT2D eigenvalue weighted by atomic mass is 9.95. The lowest BCUT2D eigenvalue weighted by Crippen LogP contribution is -2.43. The molecule has 0 spiro atoms. The van der Waals surface area contributed by atoms with E-state index in [1.807, 2.05) is 6.07 Å². The Kier molecular flexibility index (Phi) is 5.98. The molecule has 0 fully saturated rings. The number of hydrogen-bond donors (Lipinski definition) is 1. The van der Waals surface area contributed by atoms with Crippen LogP contribution in [-0.2, 0) is 24.7 Å². The molecule has 110 valence electrons. The maximum Gasteiger partial charge on any atom is 0.396 e. The highest BCUT2D eigenvalue weighted by Crippen LogP contribution is 2.26. The molecule has 1 rings (SSSR count). The van der Waals surface area contributed by atoms with E-state index in [0.29, 0.717) is 5.02 Å². The average Bonchev–Trinajstić information content (AvgIpc) is 2.44. The van der Waals surface area contributed by atoms with Gasteiger partial charge in [0.25, 0.3) is 0 Å². The van der Waals surface area contributed by atoms with Crippen LogP contribution in [-0.4, -0.2) is 32.1 Å². The summed E-state index contributed by atoms with van der Waals surface area (Å²) in [6.07, 6.45) is 0. The van der Waals surface area contributed by atoms with Crippen LogP contribution in [0.5, 0.6) is 0 Å². The van der Waals surface area contributed by atoms with Gasteiger partial charge in [0.05, 0.1) is 13.2 Å². The fraction of sp³-hybridized carbons (Fsp3) is 0.429. The summed E-state index contributed by atoms with van der Waals surface area (Å²) in [6.45, 7) is 3.71. The van der Waals surface area contributed by atoms with Crippen LogP contribution in [0.15, 0.2) is 24.3 Å². The van der Waals surface area contributed by atoms with Crippen molar-refractivity contribution in [3.63, 3.8) is 0 Å². The second-order valence-electron chi connectivity index (χ2n) is 4.35. The Morgan fingerprint density at radius 1 is 1.40 bits per heavy atom. The largest absolute Gasteiger partial charge is 0.459 e. The first-order chi connectivity index (χ1) is 9.42. The number of ether oxygens (including phenoxy) is 2. The normalized spacial score (nSPS) is 13.4. The topological polar surface area (TPSA) is 64.6 Å². The van der Waals surface area contributed by atoms with E-state index in [2.05, 4.69) is 10.1 Å². The third-order valence-electron chi connectivity index (χ3n) is 2.93. The molecule has 20 heavy (non-hydrogen) atoms. The Balaban J connectivity index is 2.76. The van der Waals surface area contributed by atoms with Gasteiger partial charge in [0.1, 0.15) is 5.60 Å². The third kappa shape index (κ3) is 4.21. The zero-order valence-electron chi connectivity index (χ0n) is 11.7. The summed E-state index contributed by atoms with van der Waals surface area (Å²) in [5.41, 5.74) is 0.0178. The molecule has 1 aromatic carbocycles. The van der Waals surface area contributed by atoms with E-state index in [0.717, 1.165) is 5.56 Å². The van der Waals surface area contributed by atoms with Crippen LogP contribution in [0.25, 0.3) is 0 Å². The van der Waals surface area contributed by atoms with Crippen molar-refractivity contribution in [3.8, 4) is 0 Å². The molecule has 1 aromatic rings. The minimum atomic E-state index is -0.906. The highest BCUT2D eigenvalue weighted by Gasteiger charge is 2.28. The number of carbonyl (C=O) groups excluding carboxylic acids is 2. The summed E-state index contributed by atoms with van der Waals surface area (Å²) in [7, 11) is 1.53. The molecule has 5 nitrogen and oxygen atoms in total. The summed E-state index contributed by atoms with van der Waals surface area (Å²) in [6, 6.07) is 7.13. The first-order valence-corrected chi connectivity index (χ1v) is 6.57. The van der Waals surface area contributed by atoms with Gasteiger partial charge in [-0.1, -0.05) is 23.7 Å². The van der Waals surface area contributed by atoms with Gasteiger partial charge in [-0.3, -0.25) is 4.79 Å². The standard InChI is InChI=1S/C14H18ClNO4/c1-4-20-13(18)12(17)16-9-14(2,19-3)10-6-5-7-11(15)8-10/h5-8H,4,9H2,1-3H3,(H,16,17). The predicted octanol–water partition coefficient (Wildman–Crippen LogP) is 1.88. The predicted molar refractivity (Wildman–Crippen MR) is 75.5 cm³/mol. The monoisotopic (exact) mass is 299 g/mol. The van der Waals surface area contributed by atoms with Crippen molar-refractivity contribution in [1.82, 2.24) is 5.32 Å². The van der Waals surface area contributed by atoms with Gasteiger partial charge in [-0.25, -0.2) is 4.79 Å². The molecule has 0 bridgehead atoms. The fourth-order valence-electron chi connectivity index (χ4n) is 1.63. The van der Waals surface area contributed by atoms with Gasteiger partial charge in [0, 0.05) is 12.1 Å². The van der Waals surface area contributed by atoms with Gasteiger partial charge in [-0.05, 0) is 31.5 Å². The van der Waals surface area contributed by atoms with E-state index in [1.54, 1.807) is 32.0 Å². The van der Waals surface area contributed by atoms with Crippen molar-refractivity contribution < 1.29 is 19.1 Å². The summed E-state index contributed by atoms with van der Waals surface area (Å²) < 4.78 is 10.1. The summed E-state index contributed by atoms with van der Waals surface area (Å²) in [5.74, 6) is -1.70. The molecule has 0 saturated carbocycles. The SMILES string of the molecule is CCOC(=O)C(=O)NCC(C)(OC)c1cccc(Cl)c1. The number of amides is 1. The lowest BCUT2D eigenvalue weighted by molar-refractivity contribution is -0.155. The third-order valence-corrected chi connectivity index (χ3v) is 3.17. The molecule has 0 saturated heterocycles. The van der Waals surface area contributed by atoms with Crippen LogP contribution in [0.2, 0.25) is 5.02 Å². The number of methoxy groups -OCH3 is 1. The van der Waals surface area contributed by atoms with Crippen molar-refractivity contribution in [2.75, 3.05) is 20.3 Å². The van der Waals surface area contributed by atoms with Crippen molar-refractivity contribution in [2.45, 2.75) is 19.4 Å². The lowest BCUT2D eigenvalue weighted by Gasteiger charge is -2.29. The zero-order valence-corrected chi connectivity index (χ0v) is 12.5. The summed E-state index contributed by atoms with van der Waals surface area (Å²) in [4.78, 5) is 22.8. The highest BCUT2D eigenvalue weighted by atomic mass is 35.5. The second kappa shape index (κ2) is 7.26. The maximum atomic E-state index is 11.5. The van der Waals surface area contributed by atoms with E-state index >= 15 is 0 Å². The number of rotatable bonds is 5. The smallest absolute Gasteiger partial charge is 0.396 e. The van der Waals surface area contributed by atoms with E-state index in [-0.39, 0.29) is 13.2 Å². The van der Waals surface area contributed by atoms with Gasteiger partial charge >= 0.3 is 11.9 Å². The Bertz CT molecular complexity index is 492. The molecule has 0 radical (unpaired) electrons. The molecule has 0 aliphatic rings. The van der Waals surface area contributed by atoms with Crippen LogP contribution < -0.4 is 5.32 Å². The van der Waals surface area contributed by atoms with Gasteiger partial charge in [-0.2, -0.15) is 0 Å². The summed E-state index contributed by atoms with van der Waals surface area (Å²) in [5, 5.41) is 3.07. The number of nitrogens with one attached hydrogen (secondary N) is 1. The van der Waals surface area contributed by atoms with Crippen molar-refractivity contribution in [3.05, 3.63) is 34.9 Å². The molecule has 0 aromatic heterocycles. The van der Waals surface area contributed by atoms with Gasteiger partial charge in [0.2, 0.25) is 0 Å². The number of benzene rings is 1. The molecule has 1 amide bonds. The summed E-state index contributed by atoms with van der Waals surface area (Å²) >= 11 is 5.95. The van der Waals surface area contributed by atoms with Gasteiger partial charge in [0.15, 0.2) is 0 Å². The molecule has 0 aliphatic carbocycles. The molecule has 1 N–H and O–H groups in total. The van der Waals surface area contributed by atoms with Crippen LogP contribution >= 0.6 is 11.6 Å². The maximum absolute atomic E-state index is 11.5. The Morgan fingerprint density at radius 3 is 2.65 bits per heavy atom. The molecular formula is C14H18ClNO4. The van der Waals surface area contributed by atoms with E-state index in [4.69, 9.17) is 16.3 Å². The van der Waals surface area contributed by atoms with Crippen molar-refractivity contribution in [2.24, 2.45) is 0 Å². The fourth-order valence-corrected chi connectivity index (χ4v) is 1.82. The van der Waals surface area contributed by atoms with E-state index < -0.39 is 17.5 Å². The first-order valence-electron chi connectivity index (χ1n) is 6.19. The number of esters is 1. The van der Waals surface area contributed by atoms with E-state index in [1.165, 1.54) is 7.11 Å². The van der Waals surface area contributed by atoms with Crippen molar-refractivity contribution >= 4 is 23.5 Å². The van der Waals surface area contributed by atoms with Crippen LogP contribution in [0.4, 0.5) is 0 Å². The Labute approximate surface area is 123 Å².